The Bertz CT molecular complexity index is 990. The van der Waals surface area contributed by atoms with Crippen LogP contribution in [0.2, 0.25) is 0 Å². The Kier molecular flexibility index (Phi) is 5.89. The van der Waals surface area contributed by atoms with Crippen molar-refractivity contribution in [2.24, 2.45) is 0 Å². The van der Waals surface area contributed by atoms with Crippen LogP contribution < -0.4 is 25.7 Å². The number of piperazine rings is 1. The van der Waals surface area contributed by atoms with E-state index in [1.54, 1.807) is 7.11 Å². The lowest BCUT2D eigenvalue weighted by atomic mass is 10.2. The molecule has 3 aromatic rings. The van der Waals surface area contributed by atoms with Gasteiger partial charge in [0.2, 0.25) is 11.9 Å². The molecule has 1 aliphatic rings. The summed E-state index contributed by atoms with van der Waals surface area (Å²) < 4.78 is 5.42. The molecule has 1 fully saturated rings. The molecule has 9 heteroatoms. The van der Waals surface area contributed by atoms with E-state index in [1.165, 1.54) is 0 Å². The van der Waals surface area contributed by atoms with E-state index >= 15 is 0 Å². The van der Waals surface area contributed by atoms with Gasteiger partial charge in [-0.25, -0.2) is 4.98 Å². The van der Waals surface area contributed by atoms with E-state index in [2.05, 4.69) is 41.1 Å². The van der Waals surface area contributed by atoms with Gasteiger partial charge in [-0.1, -0.05) is 12.1 Å². The molecular weight excluding hydrogens is 380 g/mol. The molecule has 156 valence electrons. The molecule has 1 saturated heterocycles. The maximum absolute atomic E-state index is 5.95. The summed E-state index contributed by atoms with van der Waals surface area (Å²) in [6.07, 6.45) is 1.95. The fourth-order valence-electron chi connectivity index (χ4n) is 3.53. The van der Waals surface area contributed by atoms with E-state index in [-0.39, 0.29) is 5.95 Å². The van der Waals surface area contributed by atoms with Crippen LogP contribution in [-0.2, 0) is 6.54 Å². The predicted molar refractivity (Wildman–Crippen MR) is 116 cm³/mol. The summed E-state index contributed by atoms with van der Waals surface area (Å²) in [4.78, 5) is 21.1. The number of hydrogen-bond acceptors (Lipinski definition) is 8. The topological polar surface area (TPSA) is 107 Å². The Morgan fingerprint density at radius 1 is 1.10 bits per heavy atom. The van der Waals surface area contributed by atoms with Crippen LogP contribution in [0.5, 0.6) is 5.75 Å². The summed E-state index contributed by atoms with van der Waals surface area (Å²) in [7, 11) is 1.63. The van der Waals surface area contributed by atoms with Crippen LogP contribution in [0.4, 0.5) is 23.4 Å². The van der Waals surface area contributed by atoms with Gasteiger partial charge >= 0.3 is 0 Å². The molecule has 9 nitrogen and oxygen atoms in total. The lowest BCUT2D eigenvalue weighted by Crippen LogP contribution is -2.47. The van der Waals surface area contributed by atoms with Crippen LogP contribution in [0.3, 0.4) is 0 Å². The number of nitrogens with one attached hydrogen (secondary N) is 2. The highest BCUT2D eigenvalue weighted by Crippen LogP contribution is 2.27. The molecule has 30 heavy (non-hydrogen) atoms. The number of aryl methyl sites for hydroxylation is 1. The average molecular weight is 408 g/mol. The van der Waals surface area contributed by atoms with Gasteiger partial charge in [-0.05, 0) is 30.7 Å². The summed E-state index contributed by atoms with van der Waals surface area (Å²) in [5.74, 6) is 3.12. The van der Waals surface area contributed by atoms with Crippen molar-refractivity contribution in [2.45, 2.75) is 13.5 Å². The second kappa shape index (κ2) is 8.91. The number of pyridine rings is 1. The average Bonchev–Trinajstić information content (AvgIpc) is 2.75. The van der Waals surface area contributed by atoms with Gasteiger partial charge in [0.25, 0.3) is 5.82 Å². The fourth-order valence-corrected chi connectivity index (χ4v) is 3.53. The molecule has 0 aliphatic carbocycles. The number of nitrogen functional groups attached to an aromatic ring is 1. The highest BCUT2D eigenvalue weighted by atomic mass is 16.5. The molecule has 0 spiro atoms. The van der Waals surface area contributed by atoms with Crippen LogP contribution in [0.25, 0.3) is 0 Å². The summed E-state index contributed by atoms with van der Waals surface area (Å²) in [5, 5.41) is 3.21. The molecule has 0 atom stereocenters. The largest absolute Gasteiger partial charge is 0.495 e. The maximum atomic E-state index is 5.95. The van der Waals surface area contributed by atoms with Crippen LogP contribution in [0, 0.1) is 6.92 Å². The Balaban J connectivity index is 1.42. The number of benzene rings is 1. The third-order valence-electron chi connectivity index (χ3n) is 5.07. The van der Waals surface area contributed by atoms with Gasteiger partial charge in [-0.15, -0.1) is 0 Å². The number of nitrogens with zero attached hydrogens (tertiary/aromatic N) is 5. The molecular formula is C21H27N8O+. The molecule has 4 rings (SSSR count). The van der Waals surface area contributed by atoms with Crippen molar-refractivity contribution in [3.05, 3.63) is 54.0 Å². The number of H-pyrrole nitrogens is 1. The number of aromatic nitrogens is 4. The molecule has 1 aliphatic heterocycles. The maximum Gasteiger partial charge on any atom is 0.274 e. The SMILES string of the molecule is COc1ccc(C)cc1Nc1nc(N)nc(CN2CCN(c3cccc[nH+]3)CC2)n1. The van der Waals surface area contributed by atoms with Crippen molar-refractivity contribution >= 4 is 23.4 Å². The summed E-state index contributed by atoms with van der Waals surface area (Å²) in [6.45, 7) is 6.36. The van der Waals surface area contributed by atoms with Crippen LogP contribution >= 0.6 is 0 Å². The van der Waals surface area contributed by atoms with Gasteiger partial charge in [0.15, 0.2) is 0 Å². The Morgan fingerprint density at radius 2 is 1.93 bits per heavy atom. The zero-order valence-corrected chi connectivity index (χ0v) is 17.3. The monoisotopic (exact) mass is 407 g/mol. The van der Waals surface area contributed by atoms with Gasteiger partial charge in [0.1, 0.15) is 11.6 Å². The van der Waals surface area contributed by atoms with Crippen molar-refractivity contribution in [3.8, 4) is 5.75 Å². The van der Waals surface area contributed by atoms with E-state index in [0.717, 1.165) is 49.0 Å². The molecule has 0 bridgehead atoms. The normalized spacial score (nSPS) is 14.5. The lowest BCUT2D eigenvalue weighted by molar-refractivity contribution is -0.364. The van der Waals surface area contributed by atoms with Crippen molar-refractivity contribution in [1.82, 2.24) is 19.9 Å². The predicted octanol–water partition coefficient (Wildman–Crippen LogP) is 1.65. The minimum atomic E-state index is 0.201. The zero-order valence-electron chi connectivity index (χ0n) is 17.3. The van der Waals surface area contributed by atoms with Crippen LogP contribution in [0.15, 0.2) is 42.6 Å². The number of methoxy groups -OCH3 is 1. The summed E-state index contributed by atoms with van der Waals surface area (Å²) in [6, 6.07) is 12.0. The smallest absolute Gasteiger partial charge is 0.274 e. The fraction of sp³-hybridized carbons (Fsp3) is 0.333. The first-order chi connectivity index (χ1) is 14.6. The van der Waals surface area contributed by atoms with E-state index in [0.29, 0.717) is 18.3 Å². The van der Waals surface area contributed by atoms with E-state index < -0.39 is 0 Å². The molecule has 3 heterocycles. The minimum Gasteiger partial charge on any atom is -0.495 e. The Morgan fingerprint density at radius 3 is 2.67 bits per heavy atom. The quantitative estimate of drug-likeness (QED) is 0.635. The Labute approximate surface area is 175 Å². The van der Waals surface area contributed by atoms with Crippen LogP contribution in [-0.4, -0.2) is 53.1 Å². The first-order valence-electron chi connectivity index (χ1n) is 9.97. The Hall–Kier alpha value is -3.46. The summed E-state index contributed by atoms with van der Waals surface area (Å²) in [5.41, 5.74) is 7.85. The second-order valence-electron chi connectivity index (χ2n) is 7.27. The van der Waals surface area contributed by atoms with Crippen molar-refractivity contribution in [3.63, 3.8) is 0 Å². The third-order valence-corrected chi connectivity index (χ3v) is 5.07. The number of aromatic amines is 1. The van der Waals surface area contributed by atoms with Crippen molar-refractivity contribution in [1.29, 1.82) is 0 Å². The molecule has 2 aromatic heterocycles. The van der Waals surface area contributed by atoms with Gasteiger partial charge < -0.3 is 15.8 Å². The minimum absolute atomic E-state index is 0.201. The highest BCUT2D eigenvalue weighted by molar-refractivity contribution is 5.63. The van der Waals surface area contributed by atoms with E-state index in [9.17, 15) is 0 Å². The number of anilines is 4. The van der Waals surface area contributed by atoms with E-state index in [1.807, 2.05) is 43.5 Å². The first kappa shape index (κ1) is 19.8. The van der Waals surface area contributed by atoms with Gasteiger partial charge in [-0.3, -0.25) is 9.80 Å². The van der Waals surface area contributed by atoms with Crippen molar-refractivity contribution < 1.29 is 9.72 Å². The van der Waals surface area contributed by atoms with Crippen LogP contribution in [0.1, 0.15) is 11.4 Å². The van der Waals surface area contributed by atoms with Gasteiger partial charge in [-0.2, -0.15) is 15.0 Å². The van der Waals surface area contributed by atoms with Gasteiger partial charge in [0, 0.05) is 19.2 Å². The molecule has 0 radical (unpaired) electrons. The molecule has 0 amide bonds. The first-order valence-corrected chi connectivity index (χ1v) is 9.97. The molecule has 0 unspecified atom stereocenters. The standard InChI is InChI=1S/C21H26N8O/c1-15-6-7-17(30-2)16(13-15)24-21-26-18(25-20(22)27-21)14-28-9-11-29(12-10-28)19-5-3-4-8-23-19/h3-8,13H,9-12,14H2,1-2H3,(H3,22,24,25,26,27)/p+1. The molecule has 0 saturated carbocycles. The zero-order chi connectivity index (χ0) is 20.9. The van der Waals surface area contributed by atoms with Gasteiger partial charge in [0.05, 0.1) is 38.6 Å². The lowest BCUT2D eigenvalue weighted by Gasteiger charge is -2.30. The van der Waals surface area contributed by atoms with Crippen molar-refractivity contribution in [2.75, 3.05) is 49.2 Å². The molecule has 4 N–H and O–H groups in total. The van der Waals surface area contributed by atoms with E-state index in [4.69, 9.17) is 10.5 Å². The number of hydrogen-bond donors (Lipinski definition) is 2. The highest BCUT2D eigenvalue weighted by Gasteiger charge is 2.24. The molecule has 1 aromatic carbocycles. The number of rotatable bonds is 6. The second-order valence-corrected chi connectivity index (χ2v) is 7.27. The number of ether oxygens (including phenoxy) is 1. The third kappa shape index (κ3) is 4.74. The number of nitrogens with two attached hydrogens (primary N) is 1. The summed E-state index contributed by atoms with van der Waals surface area (Å²) >= 11 is 0.